The van der Waals surface area contributed by atoms with Crippen LogP contribution in [-0.4, -0.2) is 12.1 Å². The van der Waals surface area contributed by atoms with Crippen LogP contribution in [0.4, 0.5) is 5.69 Å². The second kappa shape index (κ2) is 6.20. The van der Waals surface area contributed by atoms with Crippen molar-refractivity contribution in [3.05, 3.63) is 51.7 Å². The summed E-state index contributed by atoms with van der Waals surface area (Å²) in [5.41, 5.74) is 11.4. The molecular weight excluding hydrogens is 276 g/mol. The minimum absolute atomic E-state index is 0.223. The predicted octanol–water partition coefficient (Wildman–Crippen LogP) is 4.12. The molecule has 0 amide bonds. The van der Waals surface area contributed by atoms with Gasteiger partial charge in [0, 0.05) is 24.3 Å². The summed E-state index contributed by atoms with van der Waals surface area (Å²) in [5, 5.41) is 4.42. The molecule has 112 valence electrons. The lowest BCUT2D eigenvalue weighted by atomic mass is 10.0. The van der Waals surface area contributed by atoms with Crippen LogP contribution in [0.1, 0.15) is 36.5 Å². The number of thiophene rings is 1. The first-order valence-electron chi connectivity index (χ1n) is 7.76. The number of rotatable bonds is 6. The molecule has 0 saturated heterocycles. The van der Waals surface area contributed by atoms with E-state index in [0.29, 0.717) is 0 Å². The van der Waals surface area contributed by atoms with Crippen molar-refractivity contribution in [2.75, 3.05) is 4.90 Å². The molecule has 1 atom stereocenters. The van der Waals surface area contributed by atoms with Crippen molar-refractivity contribution < 1.29 is 0 Å². The zero-order valence-corrected chi connectivity index (χ0v) is 13.7. The highest BCUT2D eigenvalue weighted by Gasteiger charge is 2.30. The van der Waals surface area contributed by atoms with Gasteiger partial charge in [-0.2, -0.15) is 11.3 Å². The van der Waals surface area contributed by atoms with Gasteiger partial charge in [0.1, 0.15) is 0 Å². The number of nitrogens with two attached hydrogens (primary N) is 1. The molecule has 0 aliphatic heterocycles. The highest BCUT2D eigenvalue weighted by Crippen LogP contribution is 2.35. The molecule has 0 spiro atoms. The van der Waals surface area contributed by atoms with Crippen molar-refractivity contribution in [2.45, 2.75) is 51.7 Å². The SMILES string of the molecule is Cc1cc(CC(C)N)ccc1N(Cc1ccsc1)C1CC1. The average molecular weight is 300 g/mol. The zero-order chi connectivity index (χ0) is 14.8. The van der Waals surface area contributed by atoms with E-state index in [9.17, 15) is 0 Å². The van der Waals surface area contributed by atoms with Gasteiger partial charge in [-0.05, 0) is 72.7 Å². The molecule has 1 heterocycles. The second-order valence-corrected chi connectivity index (χ2v) is 7.07. The average Bonchev–Trinajstić information content (AvgIpc) is 3.14. The van der Waals surface area contributed by atoms with Crippen LogP contribution in [0.5, 0.6) is 0 Å². The largest absolute Gasteiger partial charge is 0.364 e. The first kappa shape index (κ1) is 14.6. The van der Waals surface area contributed by atoms with Crippen LogP contribution >= 0.6 is 11.3 Å². The smallest absolute Gasteiger partial charge is 0.0440 e. The molecule has 1 aromatic carbocycles. The van der Waals surface area contributed by atoms with Gasteiger partial charge in [-0.3, -0.25) is 0 Å². The lowest BCUT2D eigenvalue weighted by molar-refractivity contribution is 0.736. The molecule has 1 fully saturated rings. The monoisotopic (exact) mass is 300 g/mol. The number of hydrogen-bond acceptors (Lipinski definition) is 3. The third kappa shape index (κ3) is 3.66. The first-order chi connectivity index (χ1) is 10.1. The number of aryl methyl sites for hydroxylation is 1. The van der Waals surface area contributed by atoms with Crippen LogP contribution in [0, 0.1) is 6.92 Å². The maximum absolute atomic E-state index is 5.91. The fourth-order valence-corrected chi connectivity index (χ4v) is 3.57. The Morgan fingerprint density at radius 1 is 1.29 bits per heavy atom. The summed E-state index contributed by atoms with van der Waals surface area (Å²) in [6, 6.07) is 10.0. The normalized spacial score (nSPS) is 16.0. The molecular formula is C18H24N2S. The Morgan fingerprint density at radius 2 is 2.10 bits per heavy atom. The summed E-state index contributed by atoms with van der Waals surface area (Å²) in [6.07, 6.45) is 3.60. The Kier molecular flexibility index (Phi) is 4.32. The number of nitrogens with zero attached hydrogens (tertiary/aromatic N) is 1. The van der Waals surface area contributed by atoms with Gasteiger partial charge >= 0.3 is 0 Å². The quantitative estimate of drug-likeness (QED) is 0.869. The van der Waals surface area contributed by atoms with Crippen molar-refractivity contribution in [1.29, 1.82) is 0 Å². The number of benzene rings is 1. The summed E-state index contributed by atoms with van der Waals surface area (Å²) >= 11 is 1.78. The van der Waals surface area contributed by atoms with Crippen LogP contribution in [0.15, 0.2) is 35.0 Å². The maximum atomic E-state index is 5.91. The van der Waals surface area contributed by atoms with E-state index in [4.69, 9.17) is 5.73 Å². The molecule has 2 nitrogen and oxygen atoms in total. The lowest BCUT2D eigenvalue weighted by Crippen LogP contribution is -2.25. The van der Waals surface area contributed by atoms with Crippen molar-refractivity contribution in [3.63, 3.8) is 0 Å². The van der Waals surface area contributed by atoms with E-state index in [1.165, 1.54) is 35.2 Å². The highest BCUT2D eigenvalue weighted by atomic mass is 32.1. The second-order valence-electron chi connectivity index (χ2n) is 6.29. The maximum Gasteiger partial charge on any atom is 0.0440 e. The van der Waals surface area contributed by atoms with Crippen LogP contribution < -0.4 is 10.6 Å². The van der Waals surface area contributed by atoms with Crippen molar-refractivity contribution in [2.24, 2.45) is 5.73 Å². The van der Waals surface area contributed by atoms with E-state index in [2.05, 4.69) is 53.8 Å². The van der Waals surface area contributed by atoms with Crippen LogP contribution in [0.3, 0.4) is 0 Å². The van der Waals surface area contributed by atoms with Gasteiger partial charge in [-0.1, -0.05) is 12.1 Å². The van der Waals surface area contributed by atoms with Gasteiger partial charge in [-0.15, -0.1) is 0 Å². The van der Waals surface area contributed by atoms with Crippen molar-refractivity contribution >= 4 is 17.0 Å². The third-order valence-electron chi connectivity index (χ3n) is 4.05. The van der Waals surface area contributed by atoms with E-state index in [0.717, 1.165) is 19.0 Å². The van der Waals surface area contributed by atoms with E-state index in [1.807, 2.05) is 0 Å². The topological polar surface area (TPSA) is 29.3 Å². The molecule has 21 heavy (non-hydrogen) atoms. The molecule has 2 aromatic rings. The first-order valence-corrected chi connectivity index (χ1v) is 8.70. The van der Waals surface area contributed by atoms with E-state index < -0.39 is 0 Å². The Balaban J connectivity index is 1.82. The molecule has 0 radical (unpaired) electrons. The summed E-state index contributed by atoms with van der Waals surface area (Å²) in [7, 11) is 0. The van der Waals surface area contributed by atoms with Crippen molar-refractivity contribution in [1.82, 2.24) is 0 Å². The summed E-state index contributed by atoms with van der Waals surface area (Å²) in [5.74, 6) is 0. The molecule has 3 rings (SSSR count). The minimum Gasteiger partial charge on any atom is -0.364 e. The summed E-state index contributed by atoms with van der Waals surface area (Å²) < 4.78 is 0. The third-order valence-corrected chi connectivity index (χ3v) is 4.78. The zero-order valence-electron chi connectivity index (χ0n) is 12.9. The Bertz CT molecular complexity index is 585. The lowest BCUT2D eigenvalue weighted by Gasteiger charge is -2.26. The van der Waals surface area contributed by atoms with Crippen molar-refractivity contribution in [3.8, 4) is 0 Å². The van der Waals surface area contributed by atoms with E-state index in [1.54, 1.807) is 11.3 Å². The predicted molar refractivity (Wildman–Crippen MR) is 92.1 cm³/mol. The van der Waals surface area contributed by atoms with Gasteiger partial charge in [0.25, 0.3) is 0 Å². The highest BCUT2D eigenvalue weighted by molar-refractivity contribution is 7.07. The van der Waals surface area contributed by atoms with E-state index in [-0.39, 0.29) is 6.04 Å². The van der Waals surface area contributed by atoms with Gasteiger partial charge < -0.3 is 10.6 Å². The Morgan fingerprint density at radius 3 is 2.67 bits per heavy atom. The van der Waals surface area contributed by atoms with Gasteiger partial charge in [0.05, 0.1) is 0 Å². The van der Waals surface area contributed by atoms with Crippen LogP contribution in [-0.2, 0) is 13.0 Å². The molecule has 0 bridgehead atoms. The molecule has 1 unspecified atom stereocenters. The Labute approximate surface area is 131 Å². The summed E-state index contributed by atoms with van der Waals surface area (Å²) in [6.45, 7) is 5.32. The van der Waals surface area contributed by atoms with E-state index >= 15 is 0 Å². The molecule has 1 aliphatic rings. The van der Waals surface area contributed by atoms with Gasteiger partial charge in [0.2, 0.25) is 0 Å². The fraction of sp³-hybridized carbons (Fsp3) is 0.444. The Hall–Kier alpha value is -1.32. The fourth-order valence-electron chi connectivity index (χ4n) is 2.92. The molecule has 1 aliphatic carbocycles. The van der Waals surface area contributed by atoms with Crippen LogP contribution in [0.25, 0.3) is 0 Å². The van der Waals surface area contributed by atoms with Gasteiger partial charge in [0.15, 0.2) is 0 Å². The number of anilines is 1. The summed E-state index contributed by atoms with van der Waals surface area (Å²) in [4.78, 5) is 2.58. The standard InChI is InChI=1S/C18H24N2S/c1-13-9-15(10-14(2)19)3-6-18(13)20(17-4-5-17)11-16-7-8-21-12-16/h3,6-9,12,14,17H,4-5,10-11,19H2,1-2H3. The molecule has 1 saturated carbocycles. The number of hydrogen-bond donors (Lipinski definition) is 1. The molecule has 3 heteroatoms. The molecule has 2 N–H and O–H groups in total. The molecule has 1 aromatic heterocycles. The minimum atomic E-state index is 0.223. The van der Waals surface area contributed by atoms with Crippen LogP contribution in [0.2, 0.25) is 0 Å². The van der Waals surface area contributed by atoms with Gasteiger partial charge in [-0.25, -0.2) is 0 Å².